The van der Waals surface area contributed by atoms with Crippen LogP contribution in [0.5, 0.6) is 5.75 Å². The first-order chi connectivity index (χ1) is 18.0. The zero-order valence-corrected chi connectivity index (χ0v) is 20.5. The highest BCUT2D eigenvalue weighted by molar-refractivity contribution is 6.06. The number of nitrogens with zero attached hydrogens (tertiary/aromatic N) is 1. The number of fused-ring (bicyclic) bond motifs is 1. The van der Waals surface area contributed by atoms with Crippen molar-refractivity contribution in [2.45, 2.75) is 37.6 Å². The molecule has 1 aliphatic heterocycles. The van der Waals surface area contributed by atoms with E-state index in [2.05, 4.69) is 5.32 Å². The van der Waals surface area contributed by atoms with Gasteiger partial charge in [0.05, 0.1) is 30.9 Å². The number of ketones is 1. The number of carboxylic acids is 1. The van der Waals surface area contributed by atoms with E-state index in [4.69, 9.17) is 4.74 Å². The van der Waals surface area contributed by atoms with E-state index < -0.39 is 12.0 Å². The Hall–Kier alpha value is -4.39. The Morgan fingerprint density at radius 1 is 0.946 bits per heavy atom. The second-order valence-electron chi connectivity index (χ2n) is 9.31. The molecule has 2 N–H and O–H groups in total. The third kappa shape index (κ3) is 4.85. The second kappa shape index (κ2) is 10.3. The van der Waals surface area contributed by atoms with Crippen molar-refractivity contribution in [3.63, 3.8) is 0 Å². The van der Waals surface area contributed by atoms with Crippen LogP contribution in [0.2, 0.25) is 0 Å². The molecule has 0 unspecified atom stereocenters. The Morgan fingerprint density at radius 2 is 1.68 bits per heavy atom. The molecule has 1 heterocycles. The summed E-state index contributed by atoms with van der Waals surface area (Å²) in [6.45, 7) is 0. The minimum atomic E-state index is -1.05. The highest BCUT2D eigenvalue weighted by Crippen LogP contribution is 2.47. The molecule has 0 radical (unpaired) electrons. The van der Waals surface area contributed by atoms with Gasteiger partial charge >= 0.3 is 5.97 Å². The van der Waals surface area contributed by atoms with Gasteiger partial charge in [-0.25, -0.2) is 0 Å². The third-order valence-electron chi connectivity index (χ3n) is 6.99. The maximum absolute atomic E-state index is 13.9. The van der Waals surface area contributed by atoms with Crippen LogP contribution in [0.3, 0.4) is 0 Å². The molecule has 7 nitrogen and oxygen atoms in total. The molecule has 0 saturated heterocycles. The van der Waals surface area contributed by atoms with Crippen LogP contribution in [0.4, 0.5) is 11.4 Å². The number of methoxy groups -OCH3 is 1. The average molecular weight is 497 g/mol. The van der Waals surface area contributed by atoms with Gasteiger partial charge in [-0.05, 0) is 47.7 Å². The maximum Gasteiger partial charge on any atom is 0.303 e. The normalized spacial score (nSPS) is 18.8. The summed E-state index contributed by atoms with van der Waals surface area (Å²) < 4.78 is 5.46. The number of hydrogen-bond acceptors (Lipinski definition) is 5. The van der Waals surface area contributed by atoms with E-state index >= 15 is 0 Å². The standard InChI is InChI=1S/C30H28N2O5/c1-37-22-11-7-10-20(16-22)30-29-24(17-21(18-26(29)33)19-8-3-2-4-9-19)31-23-12-5-6-13-25(23)32(30)27(34)14-15-28(35)36/h2-13,16,21,30-31H,14-15,17-18H2,1H3,(H,35,36)/t21-,30+/m1/s1. The smallest absolute Gasteiger partial charge is 0.303 e. The lowest BCUT2D eigenvalue weighted by Gasteiger charge is -2.35. The Balaban J connectivity index is 1.70. The Morgan fingerprint density at radius 3 is 2.43 bits per heavy atom. The van der Waals surface area contributed by atoms with E-state index in [9.17, 15) is 19.5 Å². The number of carbonyl (C=O) groups excluding carboxylic acids is 2. The first kappa shape index (κ1) is 24.3. The lowest BCUT2D eigenvalue weighted by Crippen LogP contribution is -2.38. The van der Waals surface area contributed by atoms with Crippen molar-refractivity contribution in [3.8, 4) is 5.75 Å². The summed E-state index contributed by atoms with van der Waals surface area (Å²) in [6, 6.07) is 24.0. The van der Waals surface area contributed by atoms with E-state index in [1.165, 1.54) is 0 Å². The van der Waals surface area contributed by atoms with Crippen LogP contribution in [0.1, 0.15) is 48.8 Å². The van der Waals surface area contributed by atoms with Gasteiger partial charge in [0.1, 0.15) is 5.75 Å². The Labute approximate surface area is 215 Å². The molecule has 3 aromatic carbocycles. The molecule has 1 amide bonds. The molecule has 0 fully saturated rings. The van der Waals surface area contributed by atoms with Crippen molar-refractivity contribution in [3.05, 3.63) is 101 Å². The van der Waals surface area contributed by atoms with Crippen molar-refractivity contribution >= 4 is 29.0 Å². The van der Waals surface area contributed by atoms with Crippen LogP contribution >= 0.6 is 0 Å². The number of ether oxygens (including phenoxy) is 1. The molecule has 2 aliphatic rings. The van der Waals surface area contributed by atoms with Gasteiger partial charge in [-0.1, -0.05) is 54.6 Å². The molecule has 2 atom stereocenters. The topological polar surface area (TPSA) is 95.9 Å². The molecule has 5 rings (SSSR count). The minimum absolute atomic E-state index is 0.00679. The number of nitrogens with one attached hydrogen (secondary N) is 1. The van der Waals surface area contributed by atoms with Gasteiger partial charge in [-0.2, -0.15) is 0 Å². The predicted molar refractivity (Wildman–Crippen MR) is 141 cm³/mol. The lowest BCUT2D eigenvalue weighted by atomic mass is 9.78. The van der Waals surface area contributed by atoms with Crippen molar-refractivity contribution in [1.29, 1.82) is 0 Å². The molecule has 7 heteroatoms. The van der Waals surface area contributed by atoms with E-state index in [-0.39, 0.29) is 30.4 Å². The van der Waals surface area contributed by atoms with Gasteiger partial charge in [0, 0.05) is 24.1 Å². The molecule has 1 aliphatic carbocycles. The fraction of sp³-hybridized carbons (Fsp3) is 0.233. The number of amides is 1. The fourth-order valence-electron chi connectivity index (χ4n) is 5.29. The zero-order valence-electron chi connectivity index (χ0n) is 20.5. The van der Waals surface area contributed by atoms with Gasteiger partial charge in [-0.3, -0.25) is 19.3 Å². The summed E-state index contributed by atoms with van der Waals surface area (Å²) in [5, 5.41) is 12.8. The first-order valence-corrected chi connectivity index (χ1v) is 12.3. The summed E-state index contributed by atoms with van der Waals surface area (Å²) in [5.74, 6) is -0.844. The van der Waals surface area contributed by atoms with Crippen molar-refractivity contribution < 1.29 is 24.2 Å². The zero-order chi connectivity index (χ0) is 25.9. The van der Waals surface area contributed by atoms with Crippen LogP contribution < -0.4 is 15.0 Å². The van der Waals surface area contributed by atoms with Crippen LogP contribution in [-0.4, -0.2) is 29.9 Å². The average Bonchev–Trinajstić information content (AvgIpc) is 3.07. The largest absolute Gasteiger partial charge is 0.497 e. The van der Waals surface area contributed by atoms with Crippen LogP contribution in [0.25, 0.3) is 0 Å². The third-order valence-corrected chi connectivity index (χ3v) is 6.99. The van der Waals surface area contributed by atoms with Gasteiger partial charge in [-0.15, -0.1) is 0 Å². The van der Waals surface area contributed by atoms with Gasteiger partial charge in [0.2, 0.25) is 5.91 Å². The highest BCUT2D eigenvalue weighted by atomic mass is 16.5. The monoisotopic (exact) mass is 496 g/mol. The summed E-state index contributed by atoms with van der Waals surface area (Å²) in [7, 11) is 1.57. The molecule has 37 heavy (non-hydrogen) atoms. The number of hydrogen-bond donors (Lipinski definition) is 2. The SMILES string of the molecule is COc1cccc([C@H]2C3=C(C[C@@H](c4ccccc4)CC3=O)Nc3ccccc3N2C(=O)CCC(=O)O)c1. The molecule has 0 bridgehead atoms. The first-order valence-electron chi connectivity index (χ1n) is 12.3. The summed E-state index contributed by atoms with van der Waals surface area (Å²) in [5.41, 5.74) is 4.42. The number of Topliss-reactive ketones (excluding diaryl/α,β-unsaturated/α-hetero) is 1. The number of allylic oxidation sites excluding steroid dienone is 1. The molecule has 0 spiro atoms. The van der Waals surface area contributed by atoms with Gasteiger partial charge in [0.15, 0.2) is 5.78 Å². The fourth-order valence-corrected chi connectivity index (χ4v) is 5.29. The Bertz CT molecular complexity index is 1380. The number of benzene rings is 3. The van der Waals surface area contributed by atoms with Crippen LogP contribution in [0.15, 0.2) is 90.1 Å². The summed E-state index contributed by atoms with van der Waals surface area (Å²) in [4.78, 5) is 40.5. The van der Waals surface area contributed by atoms with Crippen molar-refractivity contribution in [1.82, 2.24) is 0 Å². The number of aliphatic carboxylic acids is 1. The Kier molecular flexibility index (Phi) is 6.77. The van der Waals surface area contributed by atoms with E-state index in [1.54, 1.807) is 12.0 Å². The van der Waals surface area contributed by atoms with Crippen molar-refractivity contribution in [2.24, 2.45) is 0 Å². The predicted octanol–water partition coefficient (Wildman–Crippen LogP) is 5.46. The van der Waals surface area contributed by atoms with Crippen LogP contribution in [-0.2, 0) is 14.4 Å². The summed E-state index contributed by atoms with van der Waals surface area (Å²) in [6.07, 6.45) is 0.439. The quantitative estimate of drug-likeness (QED) is 0.471. The molecule has 0 aromatic heterocycles. The minimum Gasteiger partial charge on any atom is -0.497 e. The molecule has 3 aromatic rings. The number of para-hydroxylation sites is 2. The molecule has 188 valence electrons. The number of carboxylic acid groups (broad SMARTS) is 1. The van der Waals surface area contributed by atoms with E-state index in [0.717, 1.165) is 16.8 Å². The van der Waals surface area contributed by atoms with Crippen molar-refractivity contribution in [2.75, 3.05) is 17.3 Å². The number of anilines is 2. The van der Waals surface area contributed by atoms with Gasteiger partial charge < -0.3 is 15.2 Å². The number of carbonyl (C=O) groups is 3. The molecular formula is C30H28N2O5. The van der Waals surface area contributed by atoms with E-state index in [1.807, 2.05) is 78.9 Å². The van der Waals surface area contributed by atoms with Gasteiger partial charge in [0.25, 0.3) is 0 Å². The maximum atomic E-state index is 13.9. The highest BCUT2D eigenvalue weighted by Gasteiger charge is 2.41. The molecule has 0 saturated carbocycles. The van der Waals surface area contributed by atoms with Crippen LogP contribution in [0, 0.1) is 0 Å². The lowest BCUT2D eigenvalue weighted by molar-refractivity contribution is -0.138. The second-order valence-corrected chi connectivity index (χ2v) is 9.31. The number of rotatable bonds is 6. The summed E-state index contributed by atoms with van der Waals surface area (Å²) >= 11 is 0. The molecular weight excluding hydrogens is 468 g/mol. The van der Waals surface area contributed by atoms with E-state index in [0.29, 0.717) is 35.5 Å².